The second-order valence-corrected chi connectivity index (χ2v) is 10.6. The van der Waals surface area contributed by atoms with Gasteiger partial charge in [0.15, 0.2) is 5.60 Å². The number of pyridine rings is 1. The third-order valence-electron chi connectivity index (χ3n) is 6.67. The fourth-order valence-corrected chi connectivity index (χ4v) is 4.92. The molecule has 0 saturated heterocycles. The van der Waals surface area contributed by atoms with Crippen molar-refractivity contribution in [2.45, 2.75) is 63.8 Å². The number of hydrogen-bond donors (Lipinski definition) is 2. The molecule has 2 heterocycles. The highest BCUT2D eigenvalue weighted by molar-refractivity contribution is 5.80. The lowest BCUT2D eigenvalue weighted by Gasteiger charge is -2.38. The molecule has 38 heavy (non-hydrogen) atoms. The van der Waals surface area contributed by atoms with Gasteiger partial charge in [-0.1, -0.05) is 50.2 Å². The first-order valence-corrected chi connectivity index (χ1v) is 12.5. The van der Waals surface area contributed by atoms with Gasteiger partial charge in [0.25, 0.3) is 0 Å². The summed E-state index contributed by atoms with van der Waals surface area (Å²) >= 11 is 0. The highest BCUT2D eigenvalue weighted by Crippen LogP contribution is 2.46. The summed E-state index contributed by atoms with van der Waals surface area (Å²) in [6, 6.07) is 18.3. The van der Waals surface area contributed by atoms with Gasteiger partial charge in [-0.2, -0.15) is 13.2 Å². The number of nitrogens with zero attached hydrogens (tertiary/aromatic N) is 1. The molecule has 4 aromatic rings. The number of methoxy groups -OCH3 is 1. The first-order valence-electron chi connectivity index (χ1n) is 12.5. The van der Waals surface area contributed by atoms with E-state index >= 15 is 0 Å². The molecule has 2 N–H and O–H groups in total. The smallest absolute Gasteiger partial charge is 0.417 e. The SMILES string of the molecule is COc1ccc(-c2ccccc2)cc1C(C)(C)CC(O)(Cc1cc2cc(OC(C)C)ncc2[nH]1)C(F)(F)F. The molecule has 0 saturated carbocycles. The molecule has 202 valence electrons. The lowest BCUT2D eigenvalue weighted by atomic mass is 9.72. The summed E-state index contributed by atoms with van der Waals surface area (Å²) < 4.78 is 54.6. The number of H-pyrrole nitrogens is 1. The number of aromatic amines is 1. The number of fused-ring (bicyclic) bond motifs is 1. The number of nitrogens with one attached hydrogen (secondary N) is 1. The number of hydrogen-bond acceptors (Lipinski definition) is 4. The molecule has 1 unspecified atom stereocenters. The van der Waals surface area contributed by atoms with Crippen LogP contribution in [0.25, 0.3) is 22.0 Å². The van der Waals surface area contributed by atoms with E-state index in [0.717, 1.165) is 11.1 Å². The lowest BCUT2D eigenvalue weighted by molar-refractivity contribution is -0.266. The fraction of sp³-hybridized carbons (Fsp3) is 0.367. The Morgan fingerprint density at radius 2 is 1.68 bits per heavy atom. The van der Waals surface area contributed by atoms with Gasteiger partial charge < -0.3 is 19.6 Å². The number of aliphatic hydroxyl groups is 1. The molecule has 0 aliphatic heterocycles. The van der Waals surface area contributed by atoms with Crippen LogP contribution in [-0.4, -0.2) is 40.1 Å². The van der Waals surface area contributed by atoms with Crippen molar-refractivity contribution in [1.82, 2.24) is 9.97 Å². The van der Waals surface area contributed by atoms with E-state index in [1.807, 2.05) is 56.3 Å². The molecule has 8 heteroatoms. The van der Waals surface area contributed by atoms with Gasteiger partial charge in [-0.3, -0.25) is 0 Å². The molecule has 0 fully saturated rings. The average Bonchev–Trinajstić information content (AvgIpc) is 3.24. The summed E-state index contributed by atoms with van der Waals surface area (Å²) in [5.41, 5.74) is -0.901. The Hall–Kier alpha value is -3.52. The highest BCUT2D eigenvalue weighted by atomic mass is 19.4. The molecule has 0 radical (unpaired) electrons. The van der Waals surface area contributed by atoms with Gasteiger partial charge in [0.05, 0.1) is 24.9 Å². The van der Waals surface area contributed by atoms with Crippen LogP contribution in [0.5, 0.6) is 11.6 Å². The molecule has 0 bridgehead atoms. The molecular weight excluding hydrogens is 493 g/mol. The van der Waals surface area contributed by atoms with E-state index in [9.17, 15) is 18.3 Å². The molecule has 4 rings (SSSR count). The van der Waals surface area contributed by atoms with E-state index in [1.165, 1.54) is 13.3 Å². The first kappa shape index (κ1) is 27.5. The molecule has 2 aromatic carbocycles. The average molecular weight is 527 g/mol. The van der Waals surface area contributed by atoms with E-state index in [-0.39, 0.29) is 11.8 Å². The third-order valence-corrected chi connectivity index (χ3v) is 6.67. The zero-order chi connectivity index (χ0) is 27.7. The maximum absolute atomic E-state index is 14.5. The monoisotopic (exact) mass is 526 g/mol. The minimum Gasteiger partial charge on any atom is -0.496 e. The van der Waals surface area contributed by atoms with Crippen molar-refractivity contribution in [3.63, 3.8) is 0 Å². The van der Waals surface area contributed by atoms with Crippen LogP contribution in [0.1, 0.15) is 45.4 Å². The molecule has 0 aliphatic rings. The van der Waals surface area contributed by atoms with E-state index in [1.54, 1.807) is 32.0 Å². The van der Waals surface area contributed by atoms with Gasteiger partial charge in [0.2, 0.25) is 5.88 Å². The minimum atomic E-state index is -4.88. The van der Waals surface area contributed by atoms with E-state index in [2.05, 4.69) is 9.97 Å². The van der Waals surface area contributed by atoms with Crippen LogP contribution in [0.2, 0.25) is 0 Å². The first-order chi connectivity index (χ1) is 17.8. The summed E-state index contributed by atoms with van der Waals surface area (Å²) in [5.74, 6) is 0.851. The zero-order valence-corrected chi connectivity index (χ0v) is 22.2. The summed E-state index contributed by atoms with van der Waals surface area (Å²) in [6.45, 7) is 7.12. The van der Waals surface area contributed by atoms with Crippen molar-refractivity contribution >= 4 is 10.9 Å². The number of rotatable bonds is 9. The standard InChI is InChI=1S/C30H33F3N2O3/c1-19(2)38-27-15-22-13-23(35-25(22)17-34-27)16-29(36,30(31,32)33)18-28(3,4)24-14-21(11-12-26(24)37-5)20-9-7-6-8-10-20/h6-15,17,19,35-36H,16,18H2,1-5H3. The second kappa shape index (κ2) is 10.3. The summed E-state index contributed by atoms with van der Waals surface area (Å²) in [5, 5.41) is 11.9. The van der Waals surface area contributed by atoms with Crippen molar-refractivity contribution in [3.8, 4) is 22.8 Å². The van der Waals surface area contributed by atoms with Gasteiger partial charge in [0, 0.05) is 29.1 Å². The van der Waals surface area contributed by atoms with Crippen molar-refractivity contribution < 1.29 is 27.8 Å². The second-order valence-electron chi connectivity index (χ2n) is 10.6. The quantitative estimate of drug-likeness (QED) is 0.241. The van der Waals surface area contributed by atoms with Gasteiger partial charge in [-0.15, -0.1) is 0 Å². The Labute approximate surface area is 220 Å². The summed E-state index contributed by atoms with van der Waals surface area (Å²) in [7, 11) is 1.49. The predicted molar refractivity (Wildman–Crippen MR) is 143 cm³/mol. The molecular formula is C30H33F3N2O3. The van der Waals surface area contributed by atoms with Gasteiger partial charge >= 0.3 is 6.18 Å². The van der Waals surface area contributed by atoms with Crippen LogP contribution >= 0.6 is 0 Å². The maximum atomic E-state index is 14.5. The van der Waals surface area contributed by atoms with Crippen LogP contribution in [0.3, 0.4) is 0 Å². The van der Waals surface area contributed by atoms with Crippen molar-refractivity contribution in [1.29, 1.82) is 0 Å². The fourth-order valence-electron chi connectivity index (χ4n) is 4.92. The van der Waals surface area contributed by atoms with Crippen LogP contribution in [0, 0.1) is 0 Å². The number of halogens is 3. The molecule has 0 spiro atoms. The molecule has 5 nitrogen and oxygen atoms in total. The Morgan fingerprint density at radius 3 is 2.32 bits per heavy atom. The number of alkyl halides is 3. The normalized spacial score (nSPS) is 14.1. The summed E-state index contributed by atoms with van der Waals surface area (Å²) in [4.78, 5) is 7.18. The number of aromatic nitrogens is 2. The van der Waals surface area contributed by atoms with E-state index in [0.29, 0.717) is 28.1 Å². The van der Waals surface area contributed by atoms with Crippen molar-refractivity contribution in [3.05, 3.63) is 78.1 Å². The van der Waals surface area contributed by atoms with Crippen LogP contribution in [0.15, 0.2) is 66.9 Å². The van der Waals surface area contributed by atoms with Crippen LogP contribution in [-0.2, 0) is 11.8 Å². The minimum absolute atomic E-state index is 0.0895. The van der Waals surface area contributed by atoms with E-state index < -0.39 is 30.0 Å². The Bertz CT molecular complexity index is 1400. The number of benzene rings is 2. The molecule has 1 atom stereocenters. The van der Waals surface area contributed by atoms with Crippen molar-refractivity contribution in [2.75, 3.05) is 7.11 Å². The zero-order valence-electron chi connectivity index (χ0n) is 22.2. The Balaban J connectivity index is 1.69. The van der Waals surface area contributed by atoms with Gasteiger partial charge in [-0.05, 0) is 55.0 Å². The molecule has 2 aromatic heterocycles. The van der Waals surface area contributed by atoms with Gasteiger partial charge in [0.1, 0.15) is 5.75 Å². The largest absolute Gasteiger partial charge is 0.496 e. The topological polar surface area (TPSA) is 67.4 Å². The van der Waals surface area contributed by atoms with Gasteiger partial charge in [-0.25, -0.2) is 4.98 Å². The highest BCUT2D eigenvalue weighted by Gasteiger charge is 2.56. The van der Waals surface area contributed by atoms with Crippen LogP contribution in [0.4, 0.5) is 13.2 Å². The van der Waals surface area contributed by atoms with Crippen LogP contribution < -0.4 is 9.47 Å². The van der Waals surface area contributed by atoms with Crippen molar-refractivity contribution in [2.24, 2.45) is 0 Å². The Kier molecular flexibility index (Phi) is 7.48. The molecule has 0 aliphatic carbocycles. The number of ether oxygens (including phenoxy) is 2. The lowest BCUT2D eigenvalue weighted by Crippen LogP contribution is -2.51. The third kappa shape index (κ3) is 5.80. The van der Waals surface area contributed by atoms with E-state index in [4.69, 9.17) is 9.47 Å². The molecule has 0 amide bonds. The summed E-state index contributed by atoms with van der Waals surface area (Å²) in [6.07, 6.45) is -4.67. The Morgan fingerprint density at radius 1 is 0.974 bits per heavy atom. The maximum Gasteiger partial charge on any atom is 0.417 e. The predicted octanol–water partition coefficient (Wildman–Crippen LogP) is 7.23.